The summed E-state index contributed by atoms with van der Waals surface area (Å²) in [5.74, 6) is 0. The maximum atomic E-state index is 6.00. The summed E-state index contributed by atoms with van der Waals surface area (Å²) in [6.45, 7) is 2.80. The van der Waals surface area contributed by atoms with E-state index in [2.05, 4.69) is 10.6 Å². The van der Waals surface area contributed by atoms with E-state index in [1.807, 2.05) is 6.07 Å². The Labute approximate surface area is 104 Å². The molecule has 0 saturated heterocycles. The lowest BCUT2D eigenvalue weighted by Crippen LogP contribution is -2.28. The smallest absolute Gasteiger partial charge is 0.0989 e. The summed E-state index contributed by atoms with van der Waals surface area (Å²) in [4.78, 5) is 0. The monoisotopic (exact) mass is 264 g/mol. The second-order valence-corrected chi connectivity index (χ2v) is 6.04. The summed E-state index contributed by atoms with van der Waals surface area (Å²) < 4.78 is 1.55. The predicted octanol–water partition coefficient (Wildman–Crippen LogP) is 2.90. The van der Waals surface area contributed by atoms with Gasteiger partial charge >= 0.3 is 0 Å². The molecule has 0 radical (unpaired) electrons. The molecule has 1 aromatic heterocycles. The van der Waals surface area contributed by atoms with Crippen molar-refractivity contribution in [3.63, 3.8) is 0 Å². The van der Waals surface area contributed by atoms with Crippen molar-refractivity contribution in [2.45, 2.75) is 25.4 Å². The zero-order chi connectivity index (χ0) is 10.7. The lowest BCUT2D eigenvalue weighted by molar-refractivity contribution is 0.609. The summed E-state index contributed by atoms with van der Waals surface area (Å²) in [5.41, 5.74) is 1.10. The molecule has 1 heterocycles. The number of halogens is 2. The molecule has 15 heavy (non-hydrogen) atoms. The third kappa shape index (κ3) is 3.93. The van der Waals surface area contributed by atoms with E-state index in [9.17, 15) is 0 Å². The average Bonchev–Trinajstić information content (AvgIpc) is 2.94. The van der Waals surface area contributed by atoms with Crippen molar-refractivity contribution >= 4 is 34.5 Å². The molecule has 1 fully saturated rings. The van der Waals surface area contributed by atoms with E-state index in [4.69, 9.17) is 23.2 Å². The van der Waals surface area contributed by atoms with Crippen molar-refractivity contribution in [1.82, 2.24) is 10.6 Å². The molecule has 0 aliphatic heterocycles. The van der Waals surface area contributed by atoms with Crippen LogP contribution in [0.5, 0.6) is 0 Å². The van der Waals surface area contributed by atoms with Gasteiger partial charge in [-0.05, 0) is 24.5 Å². The van der Waals surface area contributed by atoms with Crippen LogP contribution in [-0.2, 0) is 6.54 Å². The highest BCUT2D eigenvalue weighted by Gasteiger charge is 2.19. The van der Waals surface area contributed by atoms with E-state index in [0.29, 0.717) is 0 Å². The lowest BCUT2D eigenvalue weighted by Gasteiger charge is -2.04. The molecule has 2 rings (SSSR count). The van der Waals surface area contributed by atoms with E-state index >= 15 is 0 Å². The molecule has 0 amide bonds. The topological polar surface area (TPSA) is 24.1 Å². The highest BCUT2D eigenvalue weighted by molar-refractivity contribution is 7.20. The summed E-state index contributed by atoms with van der Waals surface area (Å²) in [6.07, 6.45) is 2.68. The number of thiophene rings is 1. The molecule has 5 heteroatoms. The number of nitrogens with one attached hydrogen (secondary N) is 2. The quantitative estimate of drug-likeness (QED) is 0.773. The fourth-order valence-corrected chi connectivity index (χ4v) is 2.86. The molecule has 0 aromatic carbocycles. The molecule has 2 N–H and O–H groups in total. The van der Waals surface area contributed by atoms with Crippen molar-refractivity contribution < 1.29 is 0 Å². The molecule has 0 unspecified atom stereocenters. The molecule has 84 valence electrons. The van der Waals surface area contributed by atoms with Gasteiger partial charge in [-0.1, -0.05) is 23.2 Å². The SMILES string of the molecule is Clc1cc(CNCCNC2CC2)c(Cl)s1. The Hall–Kier alpha value is 0.200. The largest absolute Gasteiger partial charge is 0.313 e. The highest BCUT2D eigenvalue weighted by atomic mass is 35.5. The van der Waals surface area contributed by atoms with Crippen LogP contribution in [0.1, 0.15) is 18.4 Å². The van der Waals surface area contributed by atoms with Crippen molar-refractivity contribution in [3.05, 3.63) is 20.3 Å². The number of hydrogen-bond acceptors (Lipinski definition) is 3. The fourth-order valence-electron chi connectivity index (χ4n) is 1.37. The molecule has 1 aliphatic carbocycles. The van der Waals surface area contributed by atoms with Gasteiger partial charge < -0.3 is 10.6 Å². The van der Waals surface area contributed by atoms with Crippen molar-refractivity contribution in [2.24, 2.45) is 0 Å². The normalized spacial score (nSPS) is 15.9. The zero-order valence-corrected chi connectivity index (χ0v) is 10.7. The van der Waals surface area contributed by atoms with Crippen LogP contribution in [0.25, 0.3) is 0 Å². The first-order valence-electron chi connectivity index (χ1n) is 5.13. The van der Waals surface area contributed by atoms with E-state index < -0.39 is 0 Å². The Bertz CT molecular complexity index is 323. The molecule has 1 aromatic rings. The number of rotatable bonds is 6. The van der Waals surface area contributed by atoms with Gasteiger partial charge in [0.2, 0.25) is 0 Å². The van der Waals surface area contributed by atoms with Gasteiger partial charge in [-0.2, -0.15) is 0 Å². The van der Waals surface area contributed by atoms with Crippen LogP contribution in [0.4, 0.5) is 0 Å². The van der Waals surface area contributed by atoms with Gasteiger partial charge in [-0.3, -0.25) is 0 Å². The maximum absolute atomic E-state index is 6.00. The first-order valence-corrected chi connectivity index (χ1v) is 6.71. The van der Waals surface area contributed by atoms with Crippen molar-refractivity contribution in [2.75, 3.05) is 13.1 Å². The third-order valence-electron chi connectivity index (χ3n) is 2.35. The van der Waals surface area contributed by atoms with Crippen LogP contribution in [0.2, 0.25) is 8.67 Å². The van der Waals surface area contributed by atoms with Crippen LogP contribution >= 0.6 is 34.5 Å². The minimum Gasteiger partial charge on any atom is -0.313 e. The second kappa shape index (κ2) is 5.51. The summed E-state index contributed by atoms with van der Waals surface area (Å²) >= 11 is 13.3. The van der Waals surface area contributed by atoms with E-state index in [-0.39, 0.29) is 0 Å². The Morgan fingerprint density at radius 3 is 2.73 bits per heavy atom. The average molecular weight is 265 g/mol. The Kier molecular flexibility index (Phi) is 4.29. The van der Waals surface area contributed by atoms with Crippen molar-refractivity contribution in [1.29, 1.82) is 0 Å². The minimum absolute atomic E-state index is 0.757. The van der Waals surface area contributed by atoms with Gasteiger partial charge in [0.25, 0.3) is 0 Å². The Balaban J connectivity index is 1.62. The van der Waals surface area contributed by atoms with Gasteiger partial charge in [-0.25, -0.2) is 0 Å². The standard InChI is InChI=1S/C10H14Cl2N2S/c11-9-5-7(10(12)15-9)6-13-3-4-14-8-1-2-8/h5,8,13-14H,1-4,6H2. The fraction of sp³-hybridized carbons (Fsp3) is 0.600. The molecular formula is C10H14Cl2N2S. The van der Waals surface area contributed by atoms with Crippen LogP contribution in [0.3, 0.4) is 0 Å². The first kappa shape index (κ1) is 11.7. The molecule has 2 nitrogen and oxygen atoms in total. The molecule has 1 saturated carbocycles. The highest BCUT2D eigenvalue weighted by Crippen LogP contribution is 2.30. The van der Waals surface area contributed by atoms with Crippen LogP contribution in [-0.4, -0.2) is 19.1 Å². The Morgan fingerprint density at radius 1 is 1.33 bits per heavy atom. The Morgan fingerprint density at radius 2 is 2.13 bits per heavy atom. The van der Waals surface area contributed by atoms with Gasteiger partial charge in [-0.15, -0.1) is 11.3 Å². The first-order chi connectivity index (χ1) is 7.25. The molecule has 0 atom stereocenters. The lowest BCUT2D eigenvalue weighted by atomic mass is 10.3. The molecule has 0 bridgehead atoms. The van der Waals surface area contributed by atoms with Crippen LogP contribution in [0, 0.1) is 0 Å². The van der Waals surface area contributed by atoms with E-state index in [0.717, 1.165) is 39.9 Å². The van der Waals surface area contributed by atoms with E-state index in [1.165, 1.54) is 24.2 Å². The van der Waals surface area contributed by atoms with Gasteiger partial charge in [0.1, 0.15) is 0 Å². The van der Waals surface area contributed by atoms with Crippen molar-refractivity contribution in [3.8, 4) is 0 Å². The van der Waals surface area contributed by atoms with Gasteiger partial charge in [0, 0.05) is 25.7 Å². The minimum atomic E-state index is 0.757. The van der Waals surface area contributed by atoms with E-state index in [1.54, 1.807) is 0 Å². The zero-order valence-electron chi connectivity index (χ0n) is 8.35. The predicted molar refractivity (Wildman–Crippen MR) is 67.1 cm³/mol. The van der Waals surface area contributed by atoms with Gasteiger partial charge in [0.05, 0.1) is 8.67 Å². The molecule has 1 aliphatic rings. The summed E-state index contributed by atoms with van der Waals surface area (Å²) in [7, 11) is 0. The molecule has 0 spiro atoms. The molecular weight excluding hydrogens is 251 g/mol. The second-order valence-electron chi connectivity index (χ2n) is 3.75. The number of hydrogen-bond donors (Lipinski definition) is 2. The van der Waals surface area contributed by atoms with Crippen LogP contribution in [0.15, 0.2) is 6.07 Å². The summed E-state index contributed by atoms with van der Waals surface area (Å²) in [6, 6.07) is 2.71. The van der Waals surface area contributed by atoms with Crippen LogP contribution < -0.4 is 10.6 Å². The van der Waals surface area contributed by atoms with Gasteiger partial charge in [0.15, 0.2) is 0 Å². The summed E-state index contributed by atoms with van der Waals surface area (Å²) in [5, 5.41) is 6.78. The third-order valence-corrected chi connectivity index (χ3v) is 3.92. The maximum Gasteiger partial charge on any atom is 0.0989 e.